The first-order valence-corrected chi connectivity index (χ1v) is 7.31. The summed E-state index contributed by atoms with van der Waals surface area (Å²) < 4.78 is 0. The topological polar surface area (TPSA) is 130 Å². The summed E-state index contributed by atoms with van der Waals surface area (Å²) in [5.74, 6) is -1.04. The van der Waals surface area contributed by atoms with Gasteiger partial charge in [0.15, 0.2) is 0 Å². The second-order valence-corrected chi connectivity index (χ2v) is 5.32. The fraction of sp³-hybridized carbons (Fsp3) is 0.154. The quantitative estimate of drug-likeness (QED) is 0.498. The molecule has 0 bridgehead atoms. The van der Waals surface area contributed by atoms with Crippen LogP contribution in [0.15, 0.2) is 24.4 Å². The standard InChI is InChI=1S/C13H11Cl2N5O4/c14-8-2-1-7(5-9(8)15)18-13-17-6-10(20(23)24)12(19-13)16-4-3-11(21)22/h1-2,5-6H,3-4H2,(H,21,22)(H2,16,17,18,19). The Morgan fingerprint density at radius 1 is 1.33 bits per heavy atom. The number of aromatic nitrogens is 2. The third kappa shape index (κ3) is 4.67. The highest BCUT2D eigenvalue weighted by molar-refractivity contribution is 6.42. The van der Waals surface area contributed by atoms with Gasteiger partial charge in [-0.3, -0.25) is 14.9 Å². The summed E-state index contributed by atoms with van der Waals surface area (Å²) in [6.07, 6.45) is 0.812. The summed E-state index contributed by atoms with van der Waals surface area (Å²) in [7, 11) is 0. The maximum Gasteiger partial charge on any atom is 0.329 e. The monoisotopic (exact) mass is 371 g/mol. The minimum absolute atomic E-state index is 0.0145. The number of halogens is 2. The number of benzene rings is 1. The van der Waals surface area contributed by atoms with E-state index in [0.717, 1.165) is 6.20 Å². The maximum absolute atomic E-state index is 11.0. The Balaban J connectivity index is 2.22. The van der Waals surface area contributed by atoms with Gasteiger partial charge in [0.05, 0.1) is 21.4 Å². The lowest BCUT2D eigenvalue weighted by Gasteiger charge is -2.09. The minimum Gasteiger partial charge on any atom is -0.481 e. The van der Waals surface area contributed by atoms with E-state index >= 15 is 0 Å². The van der Waals surface area contributed by atoms with Crippen molar-refractivity contribution in [3.8, 4) is 0 Å². The first-order chi connectivity index (χ1) is 11.4. The molecule has 1 aromatic heterocycles. The van der Waals surface area contributed by atoms with E-state index in [2.05, 4.69) is 20.6 Å². The zero-order chi connectivity index (χ0) is 17.7. The molecule has 2 aromatic rings. The van der Waals surface area contributed by atoms with Crippen LogP contribution in [-0.2, 0) is 4.79 Å². The van der Waals surface area contributed by atoms with Crippen LogP contribution < -0.4 is 10.6 Å². The number of hydrogen-bond donors (Lipinski definition) is 3. The number of aliphatic carboxylic acids is 1. The van der Waals surface area contributed by atoms with E-state index in [1.54, 1.807) is 18.2 Å². The van der Waals surface area contributed by atoms with Crippen LogP contribution in [0, 0.1) is 10.1 Å². The van der Waals surface area contributed by atoms with Gasteiger partial charge >= 0.3 is 11.7 Å². The van der Waals surface area contributed by atoms with Gasteiger partial charge in [0, 0.05) is 12.2 Å². The zero-order valence-electron chi connectivity index (χ0n) is 12.0. The van der Waals surface area contributed by atoms with E-state index < -0.39 is 10.9 Å². The molecule has 0 saturated heterocycles. The van der Waals surface area contributed by atoms with Crippen molar-refractivity contribution in [2.45, 2.75) is 6.42 Å². The molecule has 0 saturated carbocycles. The molecule has 1 heterocycles. The van der Waals surface area contributed by atoms with E-state index in [-0.39, 0.29) is 30.4 Å². The van der Waals surface area contributed by atoms with Gasteiger partial charge < -0.3 is 15.7 Å². The van der Waals surface area contributed by atoms with Crippen LogP contribution in [0.4, 0.5) is 23.1 Å². The molecule has 0 radical (unpaired) electrons. The van der Waals surface area contributed by atoms with Crippen LogP contribution in [0.1, 0.15) is 6.42 Å². The maximum atomic E-state index is 11.0. The van der Waals surface area contributed by atoms with Crippen molar-refractivity contribution in [3.05, 3.63) is 44.6 Å². The van der Waals surface area contributed by atoms with E-state index in [1.807, 2.05) is 0 Å². The molecule has 0 atom stereocenters. The molecule has 24 heavy (non-hydrogen) atoms. The van der Waals surface area contributed by atoms with Crippen LogP contribution in [-0.4, -0.2) is 32.5 Å². The third-order valence-electron chi connectivity index (χ3n) is 2.77. The van der Waals surface area contributed by atoms with Gasteiger partial charge in [-0.2, -0.15) is 4.98 Å². The summed E-state index contributed by atoms with van der Waals surface area (Å²) in [6.45, 7) is -0.0145. The number of nitro groups is 1. The predicted octanol–water partition coefficient (Wildman–Crippen LogP) is 3.32. The van der Waals surface area contributed by atoms with Crippen LogP contribution in [0.5, 0.6) is 0 Å². The largest absolute Gasteiger partial charge is 0.481 e. The number of nitrogens with zero attached hydrogens (tertiary/aromatic N) is 3. The first kappa shape index (κ1) is 17.7. The molecule has 0 fully saturated rings. The number of carbonyl (C=O) groups is 1. The molecular weight excluding hydrogens is 361 g/mol. The second kappa shape index (κ2) is 7.75. The number of hydrogen-bond acceptors (Lipinski definition) is 7. The van der Waals surface area contributed by atoms with Crippen molar-refractivity contribution in [2.75, 3.05) is 17.2 Å². The van der Waals surface area contributed by atoms with Crippen molar-refractivity contribution >= 4 is 52.3 Å². The van der Waals surface area contributed by atoms with E-state index in [1.165, 1.54) is 0 Å². The summed E-state index contributed by atoms with van der Waals surface area (Å²) in [6, 6.07) is 4.76. The molecule has 3 N–H and O–H groups in total. The van der Waals surface area contributed by atoms with Crippen molar-refractivity contribution in [2.24, 2.45) is 0 Å². The predicted molar refractivity (Wildman–Crippen MR) is 89.2 cm³/mol. The average Bonchev–Trinajstić information content (AvgIpc) is 2.50. The Kier molecular flexibility index (Phi) is 5.72. The van der Waals surface area contributed by atoms with Crippen LogP contribution in [0.2, 0.25) is 10.0 Å². The van der Waals surface area contributed by atoms with E-state index in [0.29, 0.717) is 15.7 Å². The Morgan fingerprint density at radius 3 is 2.71 bits per heavy atom. The smallest absolute Gasteiger partial charge is 0.329 e. The lowest BCUT2D eigenvalue weighted by atomic mass is 10.3. The molecule has 0 spiro atoms. The van der Waals surface area contributed by atoms with Gasteiger partial charge in [-0.1, -0.05) is 23.2 Å². The van der Waals surface area contributed by atoms with Gasteiger partial charge in [-0.25, -0.2) is 4.98 Å². The number of carboxylic acids is 1. The molecule has 1 aromatic carbocycles. The average molecular weight is 372 g/mol. The summed E-state index contributed by atoms with van der Waals surface area (Å²) in [4.78, 5) is 28.7. The SMILES string of the molecule is O=C(O)CCNc1nc(Nc2ccc(Cl)c(Cl)c2)ncc1[N+](=O)[O-]. The van der Waals surface area contributed by atoms with E-state index in [9.17, 15) is 14.9 Å². The highest BCUT2D eigenvalue weighted by Crippen LogP contribution is 2.27. The lowest BCUT2D eigenvalue weighted by Crippen LogP contribution is -2.11. The molecule has 0 amide bonds. The van der Waals surface area contributed by atoms with Crippen molar-refractivity contribution in [1.82, 2.24) is 9.97 Å². The summed E-state index contributed by atoms with van der Waals surface area (Å²) >= 11 is 11.7. The van der Waals surface area contributed by atoms with Crippen molar-refractivity contribution < 1.29 is 14.8 Å². The Morgan fingerprint density at radius 2 is 2.08 bits per heavy atom. The van der Waals surface area contributed by atoms with Crippen LogP contribution in [0.3, 0.4) is 0 Å². The number of rotatable bonds is 7. The highest BCUT2D eigenvalue weighted by Gasteiger charge is 2.17. The molecule has 126 valence electrons. The zero-order valence-corrected chi connectivity index (χ0v) is 13.5. The Hall–Kier alpha value is -2.65. The van der Waals surface area contributed by atoms with E-state index in [4.69, 9.17) is 28.3 Å². The molecule has 2 rings (SSSR count). The van der Waals surface area contributed by atoms with Crippen LogP contribution >= 0.6 is 23.2 Å². The lowest BCUT2D eigenvalue weighted by molar-refractivity contribution is -0.384. The summed E-state index contributed by atoms with van der Waals surface area (Å²) in [5, 5.41) is 25.8. The highest BCUT2D eigenvalue weighted by atomic mass is 35.5. The molecule has 0 aliphatic heterocycles. The van der Waals surface area contributed by atoms with Gasteiger partial charge in [-0.05, 0) is 18.2 Å². The normalized spacial score (nSPS) is 10.2. The van der Waals surface area contributed by atoms with Gasteiger partial charge in [0.25, 0.3) is 0 Å². The van der Waals surface area contributed by atoms with Gasteiger partial charge in [0.2, 0.25) is 11.8 Å². The number of nitrogens with one attached hydrogen (secondary N) is 2. The molecule has 9 nitrogen and oxygen atoms in total. The van der Waals surface area contributed by atoms with Gasteiger partial charge in [0.1, 0.15) is 6.20 Å². The molecule has 0 aliphatic carbocycles. The third-order valence-corrected chi connectivity index (χ3v) is 3.51. The molecule has 0 aliphatic rings. The Labute approximate surface area is 145 Å². The minimum atomic E-state index is -1.03. The van der Waals surface area contributed by atoms with Crippen molar-refractivity contribution in [3.63, 3.8) is 0 Å². The van der Waals surface area contributed by atoms with Crippen LogP contribution in [0.25, 0.3) is 0 Å². The fourth-order valence-electron chi connectivity index (χ4n) is 1.69. The fourth-order valence-corrected chi connectivity index (χ4v) is 1.99. The molecule has 0 unspecified atom stereocenters. The molecule has 11 heteroatoms. The summed E-state index contributed by atoms with van der Waals surface area (Å²) in [5.41, 5.74) is 0.176. The second-order valence-electron chi connectivity index (χ2n) is 4.51. The first-order valence-electron chi connectivity index (χ1n) is 6.56. The number of anilines is 3. The van der Waals surface area contributed by atoms with Gasteiger partial charge in [-0.15, -0.1) is 0 Å². The molecular formula is C13H11Cl2N5O4. The Bertz CT molecular complexity index is 787. The number of carboxylic acid groups (broad SMARTS) is 1. The van der Waals surface area contributed by atoms with Crippen molar-refractivity contribution in [1.29, 1.82) is 0 Å².